The van der Waals surface area contributed by atoms with Crippen molar-refractivity contribution in [2.24, 2.45) is 0 Å². The largest absolute Gasteiger partial charge is 0.310 e. The first-order valence-corrected chi connectivity index (χ1v) is 7.97. The molecule has 0 aliphatic heterocycles. The van der Waals surface area contributed by atoms with E-state index in [0.717, 1.165) is 11.1 Å². The van der Waals surface area contributed by atoms with Gasteiger partial charge in [-0.25, -0.2) is 4.98 Å². The number of rotatable bonds is 4. The fourth-order valence-electron chi connectivity index (χ4n) is 2.13. The van der Waals surface area contributed by atoms with Crippen molar-refractivity contribution in [1.82, 2.24) is 9.55 Å². The van der Waals surface area contributed by atoms with E-state index in [4.69, 9.17) is 0 Å². The SMILES string of the molecule is Cc1ccc(Cn2cc(C(=O)Nc3nccs3)ccc2=O)cc1. The number of carbonyl (C=O) groups excluding carboxylic acids is 1. The molecule has 0 spiro atoms. The fraction of sp³-hybridized carbons (Fsp3) is 0.118. The van der Waals surface area contributed by atoms with Crippen LogP contribution in [0.2, 0.25) is 0 Å². The second kappa shape index (κ2) is 6.58. The number of pyridine rings is 1. The van der Waals surface area contributed by atoms with Crippen LogP contribution >= 0.6 is 11.3 Å². The van der Waals surface area contributed by atoms with Gasteiger partial charge in [0.1, 0.15) is 0 Å². The summed E-state index contributed by atoms with van der Waals surface area (Å²) in [6.07, 6.45) is 3.20. The number of hydrogen-bond donors (Lipinski definition) is 1. The van der Waals surface area contributed by atoms with Gasteiger partial charge in [0.15, 0.2) is 5.13 Å². The minimum Gasteiger partial charge on any atom is -0.310 e. The van der Waals surface area contributed by atoms with Gasteiger partial charge in [-0.3, -0.25) is 14.9 Å². The van der Waals surface area contributed by atoms with Gasteiger partial charge in [-0.05, 0) is 18.6 Å². The van der Waals surface area contributed by atoms with E-state index >= 15 is 0 Å². The average Bonchev–Trinajstić information content (AvgIpc) is 3.04. The first-order valence-electron chi connectivity index (χ1n) is 7.09. The van der Waals surface area contributed by atoms with E-state index in [1.807, 2.05) is 31.2 Å². The highest BCUT2D eigenvalue weighted by Gasteiger charge is 2.09. The van der Waals surface area contributed by atoms with Gasteiger partial charge in [-0.15, -0.1) is 11.3 Å². The van der Waals surface area contributed by atoms with Crippen molar-refractivity contribution < 1.29 is 4.79 Å². The molecular weight excluding hydrogens is 310 g/mol. The highest BCUT2D eigenvalue weighted by atomic mass is 32.1. The predicted molar refractivity (Wildman–Crippen MR) is 91.1 cm³/mol. The first-order chi connectivity index (χ1) is 11.1. The molecule has 6 heteroatoms. The third kappa shape index (κ3) is 3.73. The van der Waals surface area contributed by atoms with Crippen LogP contribution in [0.4, 0.5) is 5.13 Å². The van der Waals surface area contributed by atoms with Crippen LogP contribution in [0.25, 0.3) is 0 Å². The van der Waals surface area contributed by atoms with Gasteiger partial charge in [0, 0.05) is 23.8 Å². The van der Waals surface area contributed by atoms with Crippen molar-refractivity contribution >= 4 is 22.4 Å². The summed E-state index contributed by atoms with van der Waals surface area (Å²) in [5.74, 6) is -0.280. The molecule has 5 nitrogen and oxygen atoms in total. The maximum Gasteiger partial charge on any atom is 0.258 e. The highest BCUT2D eigenvalue weighted by Crippen LogP contribution is 2.12. The maximum atomic E-state index is 12.2. The van der Waals surface area contributed by atoms with Crippen LogP contribution in [0.5, 0.6) is 0 Å². The molecule has 0 saturated carbocycles. The summed E-state index contributed by atoms with van der Waals surface area (Å²) in [4.78, 5) is 28.2. The molecule has 0 saturated heterocycles. The predicted octanol–water partition coefficient (Wildman–Crippen LogP) is 2.91. The third-order valence-electron chi connectivity index (χ3n) is 3.37. The number of carbonyl (C=O) groups is 1. The fourth-order valence-corrected chi connectivity index (χ4v) is 2.66. The summed E-state index contributed by atoms with van der Waals surface area (Å²) in [7, 11) is 0. The van der Waals surface area contributed by atoms with Crippen LogP contribution in [0.1, 0.15) is 21.5 Å². The Morgan fingerprint density at radius 1 is 1.22 bits per heavy atom. The van der Waals surface area contributed by atoms with E-state index < -0.39 is 0 Å². The zero-order chi connectivity index (χ0) is 16.2. The number of aryl methyl sites for hydroxylation is 1. The van der Waals surface area contributed by atoms with E-state index in [2.05, 4.69) is 10.3 Å². The zero-order valence-electron chi connectivity index (χ0n) is 12.5. The molecule has 23 heavy (non-hydrogen) atoms. The molecule has 0 radical (unpaired) electrons. The van der Waals surface area contributed by atoms with E-state index in [9.17, 15) is 9.59 Å². The minimum atomic E-state index is -0.280. The Kier molecular flexibility index (Phi) is 4.34. The average molecular weight is 325 g/mol. The Hall–Kier alpha value is -2.73. The lowest BCUT2D eigenvalue weighted by molar-refractivity contribution is 0.102. The molecule has 1 amide bonds. The minimum absolute atomic E-state index is 0.142. The molecule has 2 aromatic heterocycles. The molecule has 0 atom stereocenters. The number of anilines is 1. The van der Waals surface area contributed by atoms with Gasteiger partial charge in [0.25, 0.3) is 11.5 Å². The molecule has 0 bridgehead atoms. The molecular formula is C17H15N3O2S. The molecule has 0 unspecified atom stereocenters. The standard InChI is InChI=1S/C17H15N3O2S/c1-12-2-4-13(5-3-12)10-20-11-14(6-7-15(20)21)16(22)19-17-18-8-9-23-17/h2-9,11H,10H2,1H3,(H,18,19,22). The van der Waals surface area contributed by atoms with Crippen LogP contribution in [0, 0.1) is 6.92 Å². The van der Waals surface area contributed by atoms with Gasteiger partial charge >= 0.3 is 0 Å². The van der Waals surface area contributed by atoms with Gasteiger partial charge in [0.05, 0.1) is 12.1 Å². The lowest BCUT2D eigenvalue weighted by atomic mass is 10.1. The Labute approximate surface area is 137 Å². The van der Waals surface area contributed by atoms with Gasteiger partial charge < -0.3 is 4.57 Å². The van der Waals surface area contributed by atoms with Crippen LogP contribution in [-0.4, -0.2) is 15.5 Å². The zero-order valence-corrected chi connectivity index (χ0v) is 13.3. The summed E-state index contributed by atoms with van der Waals surface area (Å²) in [6.45, 7) is 2.44. The van der Waals surface area contributed by atoms with Crippen molar-refractivity contribution in [2.75, 3.05) is 5.32 Å². The molecule has 116 valence electrons. The Balaban J connectivity index is 1.82. The first kappa shape index (κ1) is 15.2. The monoisotopic (exact) mass is 325 g/mol. The third-order valence-corrected chi connectivity index (χ3v) is 4.06. The van der Waals surface area contributed by atoms with Gasteiger partial charge in [-0.2, -0.15) is 0 Å². The quantitative estimate of drug-likeness (QED) is 0.802. The number of nitrogens with zero attached hydrogens (tertiary/aromatic N) is 2. The van der Waals surface area contributed by atoms with Gasteiger partial charge in [0.2, 0.25) is 0 Å². The second-order valence-electron chi connectivity index (χ2n) is 5.16. The van der Waals surface area contributed by atoms with Crippen molar-refractivity contribution in [3.05, 3.63) is 81.2 Å². The summed E-state index contributed by atoms with van der Waals surface area (Å²) < 4.78 is 1.53. The van der Waals surface area contributed by atoms with E-state index in [-0.39, 0.29) is 11.5 Å². The van der Waals surface area contributed by atoms with Crippen molar-refractivity contribution in [2.45, 2.75) is 13.5 Å². The summed E-state index contributed by atoms with van der Waals surface area (Å²) in [6, 6.07) is 10.9. The number of thiazole rings is 1. The number of amides is 1. The molecule has 3 rings (SSSR count). The number of nitrogens with one attached hydrogen (secondary N) is 1. The topological polar surface area (TPSA) is 64.0 Å². The Bertz CT molecular complexity index is 868. The Morgan fingerprint density at radius 2 is 2.00 bits per heavy atom. The highest BCUT2D eigenvalue weighted by molar-refractivity contribution is 7.13. The van der Waals surface area contributed by atoms with Gasteiger partial charge in [-0.1, -0.05) is 29.8 Å². The normalized spacial score (nSPS) is 10.5. The molecule has 1 N–H and O–H groups in total. The van der Waals surface area contributed by atoms with Crippen LogP contribution in [0.3, 0.4) is 0 Å². The van der Waals surface area contributed by atoms with Crippen LogP contribution < -0.4 is 10.9 Å². The van der Waals surface area contributed by atoms with Crippen molar-refractivity contribution in [3.63, 3.8) is 0 Å². The smallest absolute Gasteiger partial charge is 0.258 e. The van der Waals surface area contributed by atoms with E-state index in [1.165, 1.54) is 28.0 Å². The summed E-state index contributed by atoms with van der Waals surface area (Å²) >= 11 is 1.35. The molecule has 0 aliphatic rings. The van der Waals surface area contributed by atoms with Crippen molar-refractivity contribution in [3.8, 4) is 0 Å². The molecule has 2 heterocycles. The van der Waals surface area contributed by atoms with E-state index in [0.29, 0.717) is 17.2 Å². The van der Waals surface area contributed by atoms with E-state index in [1.54, 1.807) is 17.8 Å². The second-order valence-corrected chi connectivity index (χ2v) is 6.06. The Morgan fingerprint density at radius 3 is 2.70 bits per heavy atom. The number of benzene rings is 1. The summed E-state index contributed by atoms with van der Waals surface area (Å²) in [5.41, 5.74) is 2.45. The lowest BCUT2D eigenvalue weighted by Gasteiger charge is -2.08. The molecule has 1 aromatic carbocycles. The number of hydrogen-bond acceptors (Lipinski definition) is 4. The summed E-state index contributed by atoms with van der Waals surface area (Å²) in [5, 5.41) is 5.03. The van der Waals surface area contributed by atoms with Crippen LogP contribution in [0.15, 0.2) is 59.0 Å². The van der Waals surface area contributed by atoms with Crippen LogP contribution in [-0.2, 0) is 6.54 Å². The lowest BCUT2D eigenvalue weighted by Crippen LogP contribution is -2.22. The molecule has 0 fully saturated rings. The number of aromatic nitrogens is 2. The maximum absolute atomic E-state index is 12.2. The molecule has 3 aromatic rings. The molecule has 0 aliphatic carbocycles. The van der Waals surface area contributed by atoms with Crippen molar-refractivity contribution in [1.29, 1.82) is 0 Å².